The van der Waals surface area contributed by atoms with E-state index in [1.807, 2.05) is 0 Å². The van der Waals surface area contributed by atoms with Crippen molar-refractivity contribution in [2.75, 3.05) is 5.75 Å². The molecule has 0 unspecified atom stereocenters. The molecule has 0 aromatic heterocycles. The van der Waals surface area contributed by atoms with E-state index < -0.39 is 10.1 Å². The zero-order valence-electron chi connectivity index (χ0n) is 7.88. The molecule has 0 aliphatic rings. The van der Waals surface area contributed by atoms with Crippen LogP contribution < -0.4 is 29.6 Å². The Kier molecular flexibility index (Phi) is 15.1. The second-order valence-corrected chi connectivity index (χ2v) is 7.11. The average Bonchev–Trinajstić information content (AvgIpc) is 1.63. The zero-order valence-corrected chi connectivity index (χ0v) is 11.7. The van der Waals surface area contributed by atoms with E-state index >= 15 is 0 Å². The van der Waals surface area contributed by atoms with E-state index in [1.165, 1.54) is 6.92 Å². The summed E-state index contributed by atoms with van der Waals surface area (Å²) in [5.74, 6) is -0.201. The molecule has 64 valence electrons. The summed E-state index contributed by atoms with van der Waals surface area (Å²) in [6, 6.07) is 0. The zero-order chi connectivity index (χ0) is 8.78. The van der Waals surface area contributed by atoms with Crippen LogP contribution in [0.2, 0.25) is 19.6 Å². The second kappa shape index (κ2) is 9.22. The first kappa shape index (κ1) is 18.0. The van der Waals surface area contributed by atoms with Crippen LogP contribution in [0.4, 0.5) is 0 Å². The summed E-state index contributed by atoms with van der Waals surface area (Å²) in [6.45, 7) is 8.18. The fraction of sp³-hybridized carbons (Fsp3) is 1.00. The Morgan fingerprint density at radius 1 is 1.27 bits per heavy atom. The summed E-state index contributed by atoms with van der Waals surface area (Å²) in [7, 11) is -3.54. The van der Waals surface area contributed by atoms with Crippen LogP contribution in [0.5, 0.6) is 0 Å². The summed E-state index contributed by atoms with van der Waals surface area (Å²) in [4.78, 5) is 0. The minimum atomic E-state index is -3.66. The van der Waals surface area contributed by atoms with Gasteiger partial charge in [-0.15, -0.1) is 0 Å². The second-order valence-electron chi connectivity index (χ2n) is 2.37. The Balaban J connectivity index is -0.000000114. The molecule has 6 heteroatoms. The minimum Gasteiger partial charge on any atom is -0.286 e. The number of hydrogen-bond donors (Lipinski definition) is 1. The first-order chi connectivity index (χ1) is 4.29. The molecular formula is C5H15NaO3SSi. The molecule has 1 N–H and O–H groups in total. The molecule has 0 aromatic carbocycles. The van der Waals surface area contributed by atoms with Gasteiger partial charge >= 0.3 is 29.6 Å². The van der Waals surface area contributed by atoms with Gasteiger partial charge in [0.25, 0.3) is 10.1 Å². The van der Waals surface area contributed by atoms with Gasteiger partial charge in [-0.1, -0.05) is 0 Å². The van der Waals surface area contributed by atoms with Crippen LogP contribution in [-0.4, -0.2) is 27.5 Å². The van der Waals surface area contributed by atoms with Gasteiger partial charge < -0.3 is 0 Å². The van der Waals surface area contributed by atoms with Crippen LogP contribution in [0.15, 0.2) is 0 Å². The summed E-state index contributed by atoms with van der Waals surface area (Å²) >= 11 is 0. The standard InChI is InChI=1S/C3H9Si.C2H6O3S.Na/c1-4(2)3;1-2-6(3,4)5;/h1-3H3;2H2,1H3,(H,3,4,5);/q-1;;+1. The summed E-state index contributed by atoms with van der Waals surface area (Å²) in [5, 5.41) is 0. The van der Waals surface area contributed by atoms with Crippen LogP contribution in [0, 0.1) is 0 Å². The third kappa shape index (κ3) is 54.4. The van der Waals surface area contributed by atoms with Crippen LogP contribution in [0.3, 0.4) is 0 Å². The van der Waals surface area contributed by atoms with Gasteiger partial charge in [0.15, 0.2) is 0 Å². The first-order valence-electron chi connectivity index (χ1n) is 3.01. The van der Waals surface area contributed by atoms with Crippen LogP contribution in [0.1, 0.15) is 6.92 Å². The van der Waals surface area contributed by atoms with E-state index in [4.69, 9.17) is 4.55 Å². The summed E-state index contributed by atoms with van der Waals surface area (Å²) in [6.07, 6.45) is 0. The Hall–Kier alpha value is 1.13. The molecule has 0 amide bonds. The van der Waals surface area contributed by atoms with Crippen LogP contribution >= 0.6 is 0 Å². The van der Waals surface area contributed by atoms with Crippen molar-refractivity contribution in [3.63, 3.8) is 0 Å². The molecule has 0 atom stereocenters. The fourth-order valence-corrected chi connectivity index (χ4v) is 0. The SMILES string of the molecule is CCS(=O)(=O)O.C[Si-](C)C.[Na+]. The Morgan fingerprint density at radius 2 is 1.36 bits per heavy atom. The van der Waals surface area contributed by atoms with Gasteiger partial charge in [-0.25, -0.2) is 0 Å². The molecule has 0 aliphatic heterocycles. The quantitative estimate of drug-likeness (QED) is 0.410. The third-order valence-corrected chi connectivity index (χ3v) is 1.09. The normalized spacial score (nSPS) is 9.64. The molecule has 0 saturated carbocycles. The molecule has 0 saturated heterocycles. The van der Waals surface area contributed by atoms with Gasteiger partial charge in [-0.2, -0.15) is 28.1 Å². The summed E-state index contributed by atoms with van der Waals surface area (Å²) in [5.41, 5.74) is 0. The van der Waals surface area contributed by atoms with Gasteiger partial charge in [0.1, 0.15) is 0 Å². The molecule has 11 heavy (non-hydrogen) atoms. The fourth-order valence-electron chi connectivity index (χ4n) is 0. The van der Waals surface area contributed by atoms with Gasteiger partial charge in [-0.3, -0.25) is 13.3 Å². The van der Waals surface area contributed by atoms with E-state index in [0.717, 1.165) is 0 Å². The Morgan fingerprint density at radius 3 is 1.36 bits per heavy atom. The summed E-state index contributed by atoms with van der Waals surface area (Å²) < 4.78 is 26.9. The molecular weight excluding hydrogens is 191 g/mol. The van der Waals surface area contributed by atoms with Gasteiger partial charge in [0, 0.05) is 0 Å². The maximum Gasteiger partial charge on any atom is 1.00 e. The van der Waals surface area contributed by atoms with E-state index in [-0.39, 0.29) is 44.1 Å². The van der Waals surface area contributed by atoms with Crippen molar-refractivity contribution >= 4 is 18.9 Å². The molecule has 0 aromatic rings. The monoisotopic (exact) mass is 206 g/mol. The maximum absolute atomic E-state index is 9.56. The predicted octanol–water partition coefficient (Wildman–Crippen LogP) is -1.73. The van der Waals surface area contributed by atoms with Crippen molar-refractivity contribution in [2.45, 2.75) is 26.6 Å². The molecule has 0 bridgehead atoms. The van der Waals surface area contributed by atoms with E-state index in [0.29, 0.717) is 0 Å². The predicted molar refractivity (Wildman–Crippen MR) is 45.4 cm³/mol. The molecule has 0 rings (SSSR count). The van der Waals surface area contributed by atoms with Crippen molar-refractivity contribution in [1.29, 1.82) is 0 Å². The average molecular weight is 206 g/mol. The van der Waals surface area contributed by atoms with Crippen molar-refractivity contribution in [3.05, 3.63) is 0 Å². The molecule has 0 aliphatic carbocycles. The molecule has 0 spiro atoms. The first-order valence-corrected chi connectivity index (χ1v) is 7.62. The topological polar surface area (TPSA) is 54.4 Å². The van der Waals surface area contributed by atoms with E-state index in [2.05, 4.69) is 19.6 Å². The maximum atomic E-state index is 9.56. The van der Waals surface area contributed by atoms with E-state index in [9.17, 15) is 8.42 Å². The van der Waals surface area contributed by atoms with Gasteiger partial charge in [0.2, 0.25) is 0 Å². The Bertz CT molecular complexity index is 152. The van der Waals surface area contributed by atoms with Crippen molar-refractivity contribution in [3.8, 4) is 0 Å². The van der Waals surface area contributed by atoms with Crippen molar-refractivity contribution in [2.24, 2.45) is 0 Å². The van der Waals surface area contributed by atoms with Crippen LogP contribution in [-0.2, 0) is 10.1 Å². The molecule has 0 fully saturated rings. The molecule has 0 radical (unpaired) electrons. The van der Waals surface area contributed by atoms with Crippen molar-refractivity contribution in [1.82, 2.24) is 0 Å². The smallest absolute Gasteiger partial charge is 0.286 e. The minimum absolute atomic E-state index is 0. The number of hydrogen-bond acceptors (Lipinski definition) is 2. The number of rotatable bonds is 1. The van der Waals surface area contributed by atoms with Crippen molar-refractivity contribution < 1.29 is 42.5 Å². The van der Waals surface area contributed by atoms with Crippen LogP contribution in [0.25, 0.3) is 0 Å². The van der Waals surface area contributed by atoms with E-state index in [1.54, 1.807) is 0 Å². The van der Waals surface area contributed by atoms with Gasteiger partial charge in [0.05, 0.1) is 5.75 Å². The third-order valence-electron chi connectivity index (χ3n) is 0.365. The largest absolute Gasteiger partial charge is 1.00 e. The Labute approximate surface area is 93.2 Å². The van der Waals surface area contributed by atoms with Gasteiger partial charge in [-0.05, 0) is 6.92 Å². The molecule has 0 heterocycles. The molecule has 3 nitrogen and oxygen atoms in total.